The minimum absolute atomic E-state index is 0.0325. The number of para-hydroxylation sites is 1. The van der Waals surface area contributed by atoms with Gasteiger partial charge in [-0.1, -0.05) is 28.9 Å². The Morgan fingerprint density at radius 2 is 2.10 bits per heavy atom. The highest BCUT2D eigenvalue weighted by atomic mass is 19.1. The number of halogens is 1. The van der Waals surface area contributed by atoms with E-state index in [1.807, 2.05) is 25.1 Å². The molecule has 1 aromatic heterocycles. The summed E-state index contributed by atoms with van der Waals surface area (Å²) in [5, 5.41) is 7.25. The minimum atomic E-state index is -0.466. The summed E-state index contributed by atoms with van der Waals surface area (Å²) in [5.41, 5.74) is 2.39. The van der Waals surface area contributed by atoms with Crippen LogP contribution in [-0.4, -0.2) is 11.1 Å². The highest BCUT2D eigenvalue weighted by Gasteiger charge is 2.13. The van der Waals surface area contributed by atoms with Crippen LogP contribution in [0.15, 0.2) is 47.0 Å². The van der Waals surface area contributed by atoms with Crippen molar-refractivity contribution in [1.29, 1.82) is 0 Å². The third-order valence-electron chi connectivity index (χ3n) is 3.18. The molecule has 1 amide bonds. The van der Waals surface area contributed by atoms with Gasteiger partial charge in [-0.05, 0) is 31.2 Å². The molecular weight excluding hydrogens is 271 g/mol. The van der Waals surface area contributed by atoms with Crippen molar-refractivity contribution in [3.8, 4) is 0 Å². The number of aryl methyl sites for hydroxylation is 1. The maximum absolute atomic E-state index is 13.5. The summed E-state index contributed by atoms with van der Waals surface area (Å²) in [5.74, 6) is -0.802. The molecule has 1 heterocycles. The number of fused-ring (bicyclic) bond motifs is 1. The molecule has 0 aliphatic rings. The first-order valence-electron chi connectivity index (χ1n) is 6.53. The summed E-state index contributed by atoms with van der Waals surface area (Å²) in [7, 11) is 0. The Balaban J connectivity index is 1.80. The van der Waals surface area contributed by atoms with Gasteiger partial charge >= 0.3 is 0 Å². The molecule has 0 spiro atoms. The average molecular weight is 284 g/mol. The Morgan fingerprint density at radius 3 is 2.90 bits per heavy atom. The number of anilines is 1. The second-order valence-corrected chi connectivity index (χ2v) is 4.83. The number of carbonyl (C=O) groups is 1. The molecule has 0 aliphatic carbocycles. The van der Waals surface area contributed by atoms with Crippen LogP contribution >= 0.6 is 0 Å². The molecule has 2 aromatic carbocycles. The van der Waals surface area contributed by atoms with E-state index in [2.05, 4.69) is 10.5 Å². The van der Waals surface area contributed by atoms with Gasteiger partial charge in [0.2, 0.25) is 5.91 Å². The number of carbonyl (C=O) groups excluding carboxylic acids is 1. The second kappa shape index (κ2) is 5.36. The molecule has 0 saturated heterocycles. The molecule has 1 N–H and O–H groups in total. The first-order valence-corrected chi connectivity index (χ1v) is 6.53. The fraction of sp³-hybridized carbons (Fsp3) is 0.125. The lowest BCUT2D eigenvalue weighted by Gasteiger charge is -2.04. The smallest absolute Gasteiger partial charge is 0.230 e. The van der Waals surface area contributed by atoms with E-state index in [-0.39, 0.29) is 18.0 Å². The van der Waals surface area contributed by atoms with Crippen molar-refractivity contribution in [1.82, 2.24) is 5.16 Å². The van der Waals surface area contributed by atoms with Crippen LogP contribution in [0.1, 0.15) is 11.3 Å². The van der Waals surface area contributed by atoms with E-state index in [0.717, 1.165) is 10.9 Å². The minimum Gasteiger partial charge on any atom is -0.356 e. The molecule has 0 fully saturated rings. The normalized spacial score (nSPS) is 10.8. The molecule has 0 aliphatic heterocycles. The first kappa shape index (κ1) is 13.3. The summed E-state index contributed by atoms with van der Waals surface area (Å²) in [6.07, 6.45) is 0.0325. The zero-order valence-corrected chi connectivity index (χ0v) is 11.4. The summed E-state index contributed by atoms with van der Waals surface area (Å²) >= 11 is 0. The zero-order valence-electron chi connectivity index (χ0n) is 11.4. The van der Waals surface area contributed by atoms with Crippen LogP contribution in [0.25, 0.3) is 11.0 Å². The van der Waals surface area contributed by atoms with Gasteiger partial charge in [-0.2, -0.15) is 0 Å². The molecule has 106 valence electrons. The number of nitrogens with zero attached hydrogens (tertiary/aromatic N) is 1. The number of amides is 1. The number of nitrogens with one attached hydrogen (secondary N) is 1. The first-order chi connectivity index (χ1) is 10.1. The van der Waals surface area contributed by atoms with Gasteiger partial charge in [0.25, 0.3) is 0 Å². The Morgan fingerprint density at radius 1 is 1.29 bits per heavy atom. The van der Waals surface area contributed by atoms with Crippen LogP contribution in [0.4, 0.5) is 10.1 Å². The lowest BCUT2D eigenvalue weighted by molar-refractivity contribution is -0.115. The van der Waals surface area contributed by atoms with E-state index in [1.54, 1.807) is 12.1 Å². The summed E-state index contributed by atoms with van der Waals surface area (Å²) in [6, 6.07) is 11.7. The van der Waals surface area contributed by atoms with Gasteiger partial charge < -0.3 is 9.84 Å². The van der Waals surface area contributed by atoms with Crippen LogP contribution in [-0.2, 0) is 11.2 Å². The van der Waals surface area contributed by atoms with Crippen LogP contribution in [0.2, 0.25) is 0 Å². The Bertz CT molecular complexity index is 811. The quantitative estimate of drug-likeness (QED) is 0.801. The van der Waals surface area contributed by atoms with Gasteiger partial charge in [0.15, 0.2) is 5.58 Å². The van der Waals surface area contributed by atoms with Crippen LogP contribution in [0.5, 0.6) is 0 Å². The molecule has 3 rings (SSSR count). The van der Waals surface area contributed by atoms with Gasteiger partial charge in [0, 0.05) is 5.39 Å². The van der Waals surface area contributed by atoms with E-state index in [9.17, 15) is 9.18 Å². The predicted molar refractivity (Wildman–Crippen MR) is 77.5 cm³/mol. The summed E-state index contributed by atoms with van der Waals surface area (Å²) < 4.78 is 18.7. The molecule has 3 aromatic rings. The Hall–Kier alpha value is -2.69. The maximum atomic E-state index is 13.5. The summed E-state index contributed by atoms with van der Waals surface area (Å²) in [6.45, 7) is 1.95. The largest absolute Gasteiger partial charge is 0.356 e. The van der Waals surface area contributed by atoms with Crippen molar-refractivity contribution in [3.63, 3.8) is 0 Å². The van der Waals surface area contributed by atoms with Gasteiger partial charge in [-0.3, -0.25) is 4.79 Å². The van der Waals surface area contributed by atoms with Crippen molar-refractivity contribution in [2.75, 3.05) is 5.32 Å². The summed E-state index contributed by atoms with van der Waals surface area (Å²) in [4.78, 5) is 12.0. The molecule has 0 atom stereocenters. The van der Waals surface area contributed by atoms with Crippen LogP contribution in [0, 0.1) is 12.7 Å². The number of hydrogen-bond donors (Lipinski definition) is 1. The molecule has 21 heavy (non-hydrogen) atoms. The molecule has 4 nitrogen and oxygen atoms in total. The zero-order chi connectivity index (χ0) is 14.8. The Kier molecular flexibility index (Phi) is 3.39. The van der Waals surface area contributed by atoms with Crippen molar-refractivity contribution >= 4 is 22.6 Å². The van der Waals surface area contributed by atoms with Gasteiger partial charge in [-0.15, -0.1) is 0 Å². The Labute approximate surface area is 120 Å². The van der Waals surface area contributed by atoms with Gasteiger partial charge in [-0.25, -0.2) is 4.39 Å². The molecular formula is C16H13FN2O2. The van der Waals surface area contributed by atoms with E-state index < -0.39 is 5.82 Å². The van der Waals surface area contributed by atoms with Crippen molar-refractivity contribution < 1.29 is 13.7 Å². The van der Waals surface area contributed by atoms with Gasteiger partial charge in [0.05, 0.1) is 12.1 Å². The maximum Gasteiger partial charge on any atom is 0.230 e. The fourth-order valence-corrected chi connectivity index (χ4v) is 2.14. The van der Waals surface area contributed by atoms with Crippen LogP contribution < -0.4 is 5.32 Å². The van der Waals surface area contributed by atoms with Crippen molar-refractivity contribution in [2.24, 2.45) is 0 Å². The highest BCUT2D eigenvalue weighted by Crippen LogP contribution is 2.21. The van der Waals surface area contributed by atoms with Gasteiger partial charge in [0.1, 0.15) is 11.5 Å². The van der Waals surface area contributed by atoms with Crippen LogP contribution in [0.3, 0.4) is 0 Å². The average Bonchev–Trinajstić information content (AvgIpc) is 2.84. The second-order valence-electron chi connectivity index (χ2n) is 4.83. The molecule has 0 saturated carbocycles. The third-order valence-corrected chi connectivity index (χ3v) is 3.18. The van der Waals surface area contributed by atoms with Crippen molar-refractivity contribution in [2.45, 2.75) is 13.3 Å². The number of hydrogen-bond acceptors (Lipinski definition) is 3. The predicted octanol–water partition coefficient (Wildman–Crippen LogP) is 3.46. The third kappa shape index (κ3) is 2.76. The van der Waals surface area contributed by atoms with E-state index >= 15 is 0 Å². The number of rotatable bonds is 3. The van der Waals surface area contributed by atoms with E-state index in [4.69, 9.17) is 4.52 Å². The van der Waals surface area contributed by atoms with E-state index in [1.165, 1.54) is 12.1 Å². The SMILES string of the molecule is Cc1ccc2onc(CC(=O)Nc3ccccc3F)c2c1. The number of benzene rings is 2. The van der Waals surface area contributed by atoms with E-state index in [0.29, 0.717) is 11.3 Å². The fourth-order valence-electron chi connectivity index (χ4n) is 2.14. The molecule has 0 radical (unpaired) electrons. The topological polar surface area (TPSA) is 55.1 Å². The standard InChI is InChI=1S/C16H13FN2O2/c1-10-6-7-15-11(8-10)14(19-21-15)9-16(20)18-13-5-3-2-4-12(13)17/h2-8H,9H2,1H3,(H,18,20). The monoisotopic (exact) mass is 284 g/mol. The number of aromatic nitrogens is 1. The lowest BCUT2D eigenvalue weighted by Crippen LogP contribution is -2.15. The molecule has 5 heteroatoms. The molecule has 0 bridgehead atoms. The molecule has 0 unspecified atom stereocenters. The lowest BCUT2D eigenvalue weighted by atomic mass is 10.1. The van der Waals surface area contributed by atoms with Crippen molar-refractivity contribution in [3.05, 3.63) is 59.5 Å². The highest BCUT2D eigenvalue weighted by molar-refractivity contribution is 5.94.